The van der Waals surface area contributed by atoms with Crippen LogP contribution in [-0.4, -0.2) is 17.9 Å². The zero-order valence-electron chi connectivity index (χ0n) is 10.5. The van der Waals surface area contributed by atoms with Crippen molar-refractivity contribution < 1.29 is 0 Å². The lowest BCUT2D eigenvalue weighted by atomic mass is 10.1. The molecule has 0 unspecified atom stereocenters. The van der Waals surface area contributed by atoms with E-state index in [1.165, 1.54) is 11.4 Å². The van der Waals surface area contributed by atoms with Crippen LogP contribution in [-0.2, 0) is 0 Å². The van der Waals surface area contributed by atoms with Crippen LogP contribution in [0.15, 0.2) is 24.3 Å². The SMILES string of the molecule is CCC.Cc1cccc(C(=N)N(C)NN)c1. The maximum Gasteiger partial charge on any atom is 0.143 e. The fourth-order valence-corrected chi connectivity index (χ4v) is 1.05. The fraction of sp³-hybridized carbons (Fsp3) is 0.417. The van der Waals surface area contributed by atoms with E-state index in [-0.39, 0.29) is 0 Å². The van der Waals surface area contributed by atoms with E-state index >= 15 is 0 Å². The van der Waals surface area contributed by atoms with Crippen molar-refractivity contribution >= 4 is 5.84 Å². The van der Waals surface area contributed by atoms with E-state index in [2.05, 4.69) is 19.4 Å². The molecule has 0 aromatic heterocycles. The highest BCUT2D eigenvalue weighted by atomic mass is 15.6. The van der Waals surface area contributed by atoms with Gasteiger partial charge in [0.1, 0.15) is 5.84 Å². The summed E-state index contributed by atoms with van der Waals surface area (Å²) in [5.74, 6) is 5.54. The highest BCUT2D eigenvalue weighted by Crippen LogP contribution is 2.05. The summed E-state index contributed by atoms with van der Waals surface area (Å²) < 4.78 is 0. The van der Waals surface area contributed by atoms with Gasteiger partial charge in [0.15, 0.2) is 0 Å². The van der Waals surface area contributed by atoms with E-state index in [0.717, 1.165) is 11.1 Å². The zero-order chi connectivity index (χ0) is 12.6. The van der Waals surface area contributed by atoms with Gasteiger partial charge in [-0.05, 0) is 13.0 Å². The summed E-state index contributed by atoms with van der Waals surface area (Å²) in [4.78, 5) is 0. The number of hydrogen-bond acceptors (Lipinski definition) is 3. The molecule has 90 valence electrons. The normalized spacial score (nSPS) is 9.06. The maximum absolute atomic E-state index is 7.72. The van der Waals surface area contributed by atoms with Gasteiger partial charge in [0.2, 0.25) is 0 Å². The first-order chi connectivity index (χ1) is 7.56. The number of nitrogens with one attached hydrogen (secondary N) is 2. The van der Waals surface area contributed by atoms with Gasteiger partial charge in [-0.1, -0.05) is 44.0 Å². The lowest BCUT2D eigenvalue weighted by Gasteiger charge is -2.17. The van der Waals surface area contributed by atoms with Crippen LogP contribution >= 0.6 is 0 Å². The third kappa shape index (κ3) is 4.91. The highest BCUT2D eigenvalue weighted by molar-refractivity contribution is 5.95. The fourth-order valence-electron chi connectivity index (χ4n) is 1.05. The molecule has 0 amide bonds. The summed E-state index contributed by atoms with van der Waals surface area (Å²) in [6.45, 7) is 6.24. The molecule has 1 aromatic carbocycles. The van der Waals surface area contributed by atoms with Crippen LogP contribution in [0.2, 0.25) is 0 Å². The van der Waals surface area contributed by atoms with Crippen molar-refractivity contribution in [2.45, 2.75) is 27.2 Å². The highest BCUT2D eigenvalue weighted by Gasteiger charge is 2.04. The minimum absolute atomic E-state index is 0.353. The second kappa shape index (κ2) is 7.84. The van der Waals surface area contributed by atoms with Gasteiger partial charge in [-0.3, -0.25) is 16.3 Å². The predicted molar refractivity (Wildman–Crippen MR) is 69.1 cm³/mol. The van der Waals surface area contributed by atoms with Gasteiger partial charge >= 0.3 is 0 Å². The minimum atomic E-state index is 0.353. The third-order valence-electron chi connectivity index (χ3n) is 1.82. The van der Waals surface area contributed by atoms with Crippen molar-refractivity contribution in [3.8, 4) is 0 Å². The van der Waals surface area contributed by atoms with E-state index < -0.39 is 0 Å². The Balaban J connectivity index is 0.000000673. The van der Waals surface area contributed by atoms with E-state index in [0.29, 0.717) is 5.84 Å². The summed E-state index contributed by atoms with van der Waals surface area (Å²) >= 11 is 0. The number of hydrazine groups is 2. The predicted octanol–water partition coefficient (Wildman–Crippen LogP) is 2.05. The molecule has 0 aliphatic rings. The molecule has 0 saturated heterocycles. The Morgan fingerprint density at radius 3 is 2.44 bits per heavy atom. The monoisotopic (exact) mass is 222 g/mol. The largest absolute Gasteiger partial charge is 0.283 e. The summed E-state index contributed by atoms with van der Waals surface area (Å²) in [5.41, 5.74) is 4.37. The first kappa shape index (κ1) is 14.6. The van der Waals surface area contributed by atoms with Crippen molar-refractivity contribution in [1.29, 1.82) is 5.41 Å². The van der Waals surface area contributed by atoms with Crippen molar-refractivity contribution in [1.82, 2.24) is 10.5 Å². The molecule has 0 bridgehead atoms. The summed E-state index contributed by atoms with van der Waals surface area (Å²) in [6, 6.07) is 7.73. The Hall–Kier alpha value is -1.39. The Morgan fingerprint density at radius 1 is 1.44 bits per heavy atom. The topological polar surface area (TPSA) is 65.1 Å². The molecular formula is C12H22N4. The molecule has 16 heavy (non-hydrogen) atoms. The van der Waals surface area contributed by atoms with Crippen LogP contribution in [0.1, 0.15) is 31.4 Å². The number of aryl methyl sites for hydroxylation is 1. The maximum atomic E-state index is 7.72. The average Bonchev–Trinajstić information content (AvgIpc) is 2.28. The number of rotatable bonds is 2. The van der Waals surface area contributed by atoms with Gasteiger partial charge in [0.25, 0.3) is 0 Å². The van der Waals surface area contributed by atoms with E-state index in [1.54, 1.807) is 7.05 Å². The second-order valence-corrected chi connectivity index (χ2v) is 3.61. The third-order valence-corrected chi connectivity index (χ3v) is 1.82. The van der Waals surface area contributed by atoms with Crippen LogP contribution in [0.3, 0.4) is 0 Å². The number of nitrogens with two attached hydrogens (primary N) is 1. The number of amidine groups is 1. The van der Waals surface area contributed by atoms with Gasteiger partial charge in [-0.15, -0.1) is 0 Å². The molecule has 0 aliphatic carbocycles. The zero-order valence-corrected chi connectivity index (χ0v) is 10.5. The van der Waals surface area contributed by atoms with Crippen molar-refractivity contribution in [2.75, 3.05) is 7.05 Å². The number of nitrogens with zero attached hydrogens (tertiary/aromatic N) is 1. The van der Waals surface area contributed by atoms with Gasteiger partial charge in [-0.2, -0.15) is 5.53 Å². The Kier molecular flexibility index (Phi) is 7.16. The van der Waals surface area contributed by atoms with E-state index in [4.69, 9.17) is 11.3 Å². The minimum Gasteiger partial charge on any atom is -0.283 e. The molecule has 1 rings (SSSR count). The Bertz CT molecular complexity index is 323. The molecular weight excluding hydrogens is 200 g/mol. The summed E-state index contributed by atoms with van der Waals surface area (Å²) in [6.07, 6.45) is 1.25. The summed E-state index contributed by atoms with van der Waals surface area (Å²) in [7, 11) is 1.70. The standard InChI is InChI=1S/C9H14N4.C3H8/c1-7-4-3-5-8(6-7)9(10)13(2)12-11;1-3-2/h3-6,10,12H,11H2,1-2H3;3H2,1-2H3. The molecule has 4 N–H and O–H groups in total. The van der Waals surface area contributed by atoms with E-state index in [9.17, 15) is 0 Å². The second-order valence-electron chi connectivity index (χ2n) is 3.61. The van der Waals surface area contributed by atoms with Crippen molar-refractivity contribution in [2.24, 2.45) is 5.84 Å². The van der Waals surface area contributed by atoms with Crippen LogP contribution in [0.4, 0.5) is 0 Å². The molecule has 4 nitrogen and oxygen atoms in total. The smallest absolute Gasteiger partial charge is 0.143 e. The Morgan fingerprint density at radius 2 is 2.00 bits per heavy atom. The summed E-state index contributed by atoms with van der Waals surface area (Å²) in [5, 5.41) is 9.17. The van der Waals surface area contributed by atoms with Crippen molar-refractivity contribution in [3.05, 3.63) is 35.4 Å². The first-order valence-corrected chi connectivity index (χ1v) is 5.42. The van der Waals surface area contributed by atoms with Gasteiger partial charge in [-0.25, -0.2) is 0 Å². The molecule has 0 heterocycles. The van der Waals surface area contributed by atoms with Gasteiger partial charge < -0.3 is 0 Å². The van der Waals surface area contributed by atoms with E-state index in [1.807, 2.05) is 31.2 Å². The Labute approximate surface area is 97.9 Å². The van der Waals surface area contributed by atoms with Crippen LogP contribution in [0.5, 0.6) is 0 Å². The molecule has 1 aromatic rings. The first-order valence-electron chi connectivity index (χ1n) is 5.42. The molecule has 0 saturated carbocycles. The van der Waals surface area contributed by atoms with Crippen LogP contribution in [0, 0.1) is 12.3 Å². The molecule has 0 atom stereocenters. The lowest BCUT2D eigenvalue weighted by Crippen LogP contribution is -2.43. The van der Waals surface area contributed by atoms with Crippen molar-refractivity contribution in [3.63, 3.8) is 0 Å². The average molecular weight is 222 g/mol. The quantitative estimate of drug-likeness (QED) is 0.310. The number of benzene rings is 1. The lowest BCUT2D eigenvalue weighted by molar-refractivity contribution is 0.375. The molecule has 0 aliphatic heterocycles. The number of hydrogen-bond donors (Lipinski definition) is 3. The molecule has 0 spiro atoms. The molecule has 0 radical (unpaired) electrons. The molecule has 4 heteroatoms. The molecule has 0 fully saturated rings. The van der Waals surface area contributed by atoms with Crippen LogP contribution < -0.4 is 11.4 Å². The van der Waals surface area contributed by atoms with Gasteiger partial charge in [0, 0.05) is 12.6 Å². The van der Waals surface area contributed by atoms with Crippen LogP contribution in [0.25, 0.3) is 0 Å². The van der Waals surface area contributed by atoms with Gasteiger partial charge in [0.05, 0.1) is 0 Å².